The molecule has 0 aliphatic carbocycles. The Morgan fingerprint density at radius 3 is 2.33 bits per heavy atom. The molecule has 0 radical (unpaired) electrons. The normalized spacial score (nSPS) is 18.1. The van der Waals surface area contributed by atoms with E-state index in [-0.39, 0.29) is 10.7 Å². The zero-order valence-electron chi connectivity index (χ0n) is 16.3. The Balaban J connectivity index is 1.94. The van der Waals surface area contributed by atoms with Gasteiger partial charge in [-0.15, -0.1) is 6.58 Å². The van der Waals surface area contributed by atoms with E-state index in [1.54, 1.807) is 60.7 Å². The molecule has 30 heavy (non-hydrogen) atoms. The summed E-state index contributed by atoms with van der Waals surface area (Å²) in [7, 11) is -3.99. The molecule has 152 valence electrons. The molecule has 0 fully saturated rings. The lowest BCUT2D eigenvalue weighted by Crippen LogP contribution is -2.44. The lowest BCUT2D eigenvalue weighted by molar-refractivity contribution is 0.0961. The van der Waals surface area contributed by atoms with E-state index in [4.69, 9.17) is 0 Å². The number of aryl methyl sites for hydroxylation is 1. The summed E-state index contributed by atoms with van der Waals surface area (Å²) < 4.78 is 29.5. The average Bonchev–Trinajstić information content (AvgIpc) is 3.08. The first-order chi connectivity index (χ1) is 14.3. The highest BCUT2D eigenvalue weighted by atomic mass is 79.9. The van der Waals surface area contributed by atoms with Crippen molar-refractivity contribution < 1.29 is 13.2 Å². The molecule has 0 aromatic heterocycles. The molecule has 1 aliphatic heterocycles. The molecule has 1 heterocycles. The number of sulfonamides is 1. The number of anilines is 1. The first kappa shape index (κ1) is 20.6. The van der Waals surface area contributed by atoms with E-state index in [1.807, 2.05) is 25.1 Å². The van der Waals surface area contributed by atoms with E-state index in [9.17, 15) is 13.2 Å². The SMILES string of the molecule is C=C[C@@H]1c2ccc(Br)cc2N(S(=O)(=O)c2ccc(C)cc2)[C@H]1C(=O)c1ccccc1. The fraction of sp³-hybridized carbons (Fsp3) is 0.125. The Morgan fingerprint density at radius 2 is 1.70 bits per heavy atom. The maximum atomic E-state index is 13.8. The quantitative estimate of drug-likeness (QED) is 0.357. The van der Waals surface area contributed by atoms with Crippen LogP contribution in [0.5, 0.6) is 0 Å². The van der Waals surface area contributed by atoms with Crippen LogP contribution < -0.4 is 4.31 Å². The number of carbonyl (C=O) groups is 1. The van der Waals surface area contributed by atoms with Crippen molar-refractivity contribution in [3.8, 4) is 0 Å². The average molecular weight is 482 g/mol. The molecular formula is C24H20BrNO3S. The largest absolute Gasteiger partial charge is 0.292 e. The molecule has 0 bridgehead atoms. The van der Waals surface area contributed by atoms with Gasteiger partial charge >= 0.3 is 0 Å². The third-order valence-electron chi connectivity index (χ3n) is 5.34. The summed E-state index contributed by atoms with van der Waals surface area (Å²) in [5.74, 6) is -0.718. The van der Waals surface area contributed by atoms with Crippen molar-refractivity contribution in [1.29, 1.82) is 0 Å². The van der Waals surface area contributed by atoms with E-state index < -0.39 is 22.0 Å². The second-order valence-corrected chi connectivity index (χ2v) is 9.98. The summed E-state index contributed by atoms with van der Waals surface area (Å²) in [5.41, 5.74) is 2.67. The van der Waals surface area contributed by atoms with Gasteiger partial charge in [0.25, 0.3) is 10.0 Å². The number of rotatable bonds is 5. The van der Waals surface area contributed by atoms with Gasteiger partial charge in [-0.25, -0.2) is 8.42 Å². The van der Waals surface area contributed by atoms with Crippen molar-refractivity contribution in [2.75, 3.05) is 4.31 Å². The summed E-state index contributed by atoms with van der Waals surface area (Å²) in [6.07, 6.45) is 1.66. The first-order valence-electron chi connectivity index (χ1n) is 9.47. The molecule has 0 unspecified atom stereocenters. The predicted octanol–water partition coefficient (Wildman–Crippen LogP) is 5.49. The Kier molecular flexibility index (Phi) is 5.38. The molecular weight excluding hydrogens is 462 g/mol. The molecule has 0 saturated carbocycles. The number of carbonyl (C=O) groups excluding carboxylic acids is 1. The molecule has 3 aromatic carbocycles. The number of hydrogen-bond acceptors (Lipinski definition) is 3. The Hall–Kier alpha value is -2.70. The highest BCUT2D eigenvalue weighted by Gasteiger charge is 2.47. The molecule has 4 rings (SSSR count). The highest BCUT2D eigenvalue weighted by molar-refractivity contribution is 9.10. The van der Waals surface area contributed by atoms with Crippen molar-refractivity contribution in [2.24, 2.45) is 0 Å². The number of nitrogens with zero attached hydrogens (tertiary/aromatic N) is 1. The third-order valence-corrected chi connectivity index (χ3v) is 7.64. The molecule has 6 heteroatoms. The van der Waals surface area contributed by atoms with E-state index in [0.29, 0.717) is 11.3 Å². The van der Waals surface area contributed by atoms with Crippen LogP contribution in [0, 0.1) is 6.92 Å². The van der Waals surface area contributed by atoms with E-state index >= 15 is 0 Å². The van der Waals surface area contributed by atoms with Gasteiger partial charge in [-0.2, -0.15) is 0 Å². The molecule has 0 N–H and O–H groups in total. The van der Waals surface area contributed by atoms with Crippen LogP contribution >= 0.6 is 15.9 Å². The molecule has 4 nitrogen and oxygen atoms in total. The van der Waals surface area contributed by atoms with E-state index in [2.05, 4.69) is 22.5 Å². The minimum Gasteiger partial charge on any atom is -0.292 e. The van der Waals surface area contributed by atoms with Gasteiger partial charge in [0.2, 0.25) is 0 Å². The number of Topliss-reactive ketones (excluding diaryl/α,β-unsaturated/α-hetero) is 1. The van der Waals surface area contributed by atoms with Gasteiger partial charge in [-0.3, -0.25) is 9.10 Å². The Bertz CT molecular complexity index is 1220. The van der Waals surface area contributed by atoms with Gasteiger partial charge in [0, 0.05) is 16.0 Å². The van der Waals surface area contributed by atoms with Crippen LogP contribution in [-0.2, 0) is 10.0 Å². The van der Waals surface area contributed by atoms with Crippen LogP contribution in [0.4, 0.5) is 5.69 Å². The summed E-state index contributed by atoms with van der Waals surface area (Å²) in [6, 6.07) is 19.9. The van der Waals surface area contributed by atoms with Crippen molar-refractivity contribution in [2.45, 2.75) is 23.8 Å². The maximum Gasteiger partial charge on any atom is 0.265 e. The highest BCUT2D eigenvalue weighted by Crippen LogP contribution is 2.46. The van der Waals surface area contributed by atoms with Crippen molar-refractivity contribution in [3.05, 3.63) is 107 Å². The van der Waals surface area contributed by atoms with Gasteiger partial charge in [0.1, 0.15) is 6.04 Å². The van der Waals surface area contributed by atoms with Crippen LogP contribution in [0.25, 0.3) is 0 Å². The first-order valence-corrected chi connectivity index (χ1v) is 11.7. The Labute approximate surface area is 185 Å². The smallest absolute Gasteiger partial charge is 0.265 e. The second-order valence-electron chi connectivity index (χ2n) is 7.25. The van der Waals surface area contributed by atoms with Gasteiger partial charge in [-0.05, 0) is 36.8 Å². The standard InChI is InChI=1S/C24H20BrNO3S/c1-3-20-21-14-11-18(25)15-22(21)26(23(20)24(27)17-7-5-4-6-8-17)30(28,29)19-12-9-16(2)10-13-19/h3-15,20,23H,1H2,2H3/t20-,23-/m1/s1. The van der Waals surface area contributed by atoms with Gasteiger partial charge in [0.05, 0.1) is 10.6 Å². The van der Waals surface area contributed by atoms with Gasteiger partial charge in [-0.1, -0.05) is 76.1 Å². The summed E-state index contributed by atoms with van der Waals surface area (Å²) in [4.78, 5) is 13.7. The Morgan fingerprint density at radius 1 is 1.03 bits per heavy atom. The molecule has 2 atom stereocenters. The zero-order chi connectivity index (χ0) is 21.5. The molecule has 1 aliphatic rings. The lowest BCUT2D eigenvalue weighted by atomic mass is 9.90. The number of benzene rings is 3. The number of fused-ring (bicyclic) bond motifs is 1. The minimum atomic E-state index is -3.99. The number of ketones is 1. The van der Waals surface area contributed by atoms with E-state index in [0.717, 1.165) is 15.6 Å². The second kappa shape index (κ2) is 7.85. The number of halogens is 1. The van der Waals surface area contributed by atoms with Crippen molar-refractivity contribution >= 4 is 37.4 Å². The molecule has 0 spiro atoms. The zero-order valence-corrected chi connectivity index (χ0v) is 18.7. The van der Waals surface area contributed by atoms with Gasteiger partial charge in [0.15, 0.2) is 5.78 Å². The van der Waals surface area contributed by atoms with Crippen LogP contribution in [0.3, 0.4) is 0 Å². The molecule has 0 saturated heterocycles. The van der Waals surface area contributed by atoms with Crippen LogP contribution in [0.2, 0.25) is 0 Å². The molecule has 0 amide bonds. The lowest BCUT2D eigenvalue weighted by Gasteiger charge is -2.28. The van der Waals surface area contributed by atoms with Crippen LogP contribution in [0.15, 0.2) is 94.8 Å². The molecule has 3 aromatic rings. The predicted molar refractivity (Wildman–Crippen MR) is 122 cm³/mol. The minimum absolute atomic E-state index is 0.148. The summed E-state index contributed by atoms with van der Waals surface area (Å²) in [6.45, 7) is 5.80. The summed E-state index contributed by atoms with van der Waals surface area (Å²) >= 11 is 3.44. The van der Waals surface area contributed by atoms with E-state index in [1.165, 1.54) is 4.31 Å². The monoisotopic (exact) mass is 481 g/mol. The van der Waals surface area contributed by atoms with Crippen molar-refractivity contribution in [3.63, 3.8) is 0 Å². The van der Waals surface area contributed by atoms with Crippen LogP contribution in [-0.4, -0.2) is 20.2 Å². The van der Waals surface area contributed by atoms with Crippen LogP contribution in [0.1, 0.15) is 27.4 Å². The third kappa shape index (κ3) is 3.40. The topological polar surface area (TPSA) is 54.5 Å². The van der Waals surface area contributed by atoms with Crippen molar-refractivity contribution in [1.82, 2.24) is 0 Å². The fourth-order valence-corrected chi connectivity index (χ4v) is 5.86. The number of hydrogen-bond donors (Lipinski definition) is 0. The fourth-order valence-electron chi connectivity index (χ4n) is 3.86. The van der Waals surface area contributed by atoms with Gasteiger partial charge < -0.3 is 0 Å². The maximum absolute atomic E-state index is 13.8. The summed E-state index contributed by atoms with van der Waals surface area (Å²) in [5, 5.41) is 0.